The van der Waals surface area contributed by atoms with E-state index in [2.05, 4.69) is 0 Å². The van der Waals surface area contributed by atoms with E-state index in [1.54, 1.807) is 12.1 Å². The van der Waals surface area contributed by atoms with Gasteiger partial charge in [-0.2, -0.15) is 0 Å². The Morgan fingerprint density at radius 1 is 1.39 bits per heavy atom. The molecule has 96 valence electrons. The number of aromatic hydroxyl groups is 1. The Morgan fingerprint density at radius 2 is 2.11 bits per heavy atom. The third kappa shape index (κ3) is 1.72. The van der Waals surface area contributed by atoms with Crippen molar-refractivity contribution in [1.29, 1.82) is 0 Å². The van der Waals surface area contributed by atoms with Crippen LogP contribution in [0.5, 0.6) is 5.75 Å². The van der Waals surface area contributed by atoms with E-state index >= 15 is 0 Å². The zero-order valence-electron chi connectivity index (χ0n) is 10.1. The molecule has 5 nitrogen and oxygen atoms in total. The summed E-state index contributed by atoms with van der Waals surface area (Å²) in [5.41, 5.74) is -0.896. The highest BCUT2D eigenvalue weighted by Crippen LogP contribution is 2.40. The van der Waals surface area contributed by atoms with Crippen LogP contribution in [-0.2, 0) is 15.1 Å². The van der Waals surface area contributed by atoms with Crippen LogP contribution in [0.25, 0.3) is 0 Å². The number of hydrogen-bond acceptors (Lipinski definition) is 3. The van der Waals surface area contributed by atoms with Gasteiger partial charge >= 0.3 is 5.97 Å². The van der Waals surface area contributed by atoms with Gasteiger partial charge < -0.3 is 15.1 Å². The van der Waals surface area contributed by atoms with Crippen molar-refractivity contribution in [2.45, 2.75) is 25.3 Å². The lowest BCUT2D eigenvalue weighted by molar-refractivity contribution is -0.156. The lowest BCUT2D eigenvalue weighted by atomic mass is 9.87. The van der Waals surface area contributed by atoms with Crippen LogP contribution in [0.15, 0.2) is 24.3 Å². The van der Waals surface area contributed by atoms with Crippen LogP contribution in [0.2, 0.25) is 0 Å². The SMILES string of the molecule is CC(=O)N1CCCC1(C(=O)O)c1cccc(O)c1. The third-order valence-corrected chi connectivity index (χ3v) is 3.44. The van der Waals surface area contributed by atoms with E-state index < -0.39 is 11.5 Å². The molecular weight excluding hydrogens is 234 g/mol. The molecule has 0 saturated carbocycles. The molecule has 1 unspecified atom stereocenters. The van der Waals surface area contributed by atoms with Crippen molar-refractivity contribution in [3.05, 3.63) is 29.8 Å². The number of phenolic OH excluding ortho intramolecular Hbond substituents is 1. The molecule has 1 aliphatic rings. The second-order valence-electron chi connectivity index (χ2n) is 4.49. The van der Waals surface area contributed by atoms with Crippen LogP contribution in [0.4, 0.5) is 0 Å². The molecule has 0 aromatic heterocycles. The summed E-state index contributed by atoms with van der Waals surface area (Å²) < 4.78 is 0. The first kappa shape index (κ1) is 12.4. The highest BCUT2D eigenvalue weighted by atomic mass is 16.4. The lowest BCUT2D eigenvalue weighted by Gasteiger charge is -2.34. The van der Waals surface area contributed by atoms with Gasteiger partial charge in [0, 0.05) is 13.5 Å². The van der Waals surface area contributed by atoms with Crippen LogP contribution in [0.1, 0.15) is 25.3 Å². The predicted molar refractivity (Wildman–Crippen MR) is 64.0 cm³/mol. The number of aliphatic carboxylic acids is 1. The molecule has 2 rings (SSSR count). The van der Waals surface area contributed by atoms with Crippen molar-refractivity contribution in [2.75, 3.05) is 6.54 Å². The van der Waals surface area contributed by atoms with Gasteiger partial charge in [-0.1, -0.05) is 12.1 Å². The Bertz CT molecular complexity index is 500. The molecule has 1 saturated heterocycles. The number of amides is 1. The van der Waals surface area contributed by atoms with E-state index in [4.69, 9.17) is 0 Å². The Morgan fingerprint density at radius 3 is 2.67 bits per heavy atom. The summed E-state index contributed by atoms with van der Waals surface area (Å²) in [6, 6.07) is 6.11. The van der Waals surface area contributed by atoms with Crippen LogP contribution < -0.4 is 0 Å². The van der Waals surface area contributed by atoms with Gasteiger partial charge in [0.05, 0.1) is 0 Å². The van der Waals surface area contributed by atoms with E-state index in [0.29, 0.717) is 24.9 Å². The third-order valence-electron chi connectivity index (χ3n) is 3.44. The van der Waals surface area contributed by atoms with Gasteiger partial charge in [-0.25, -0.2) is 4.79 Å². The van der Waals surface area contributed by atoms with Crippen molar-refractivity contribution in [3.63, 3.8) is 0 Å². The maximum absolute atomic E-state index is 11.7. The van der Waals surface area contributed by atoms with Gasteiger partial charge in [-0.05, 0) is 30.5 Å². The summed E-state index contributed by atoms with van der Waals surface area (Å²) in [5.74, 6) is -1.32. The molecule has 1 fully saturated rings. The molecule has 0 radical (unpaired) electrons. The summed E-state index contributed by atoms with van der Waals surface area (Å²) >= 11 is 0. The first-order valence-electron chi connectivity index (χ1n) is 5.79. The smallest absolute Gasteiger partial charge is 0.334 e. The van der Waals surface area contributed by atoms with Crippen LogP contribution >= 0.6 is 0 Å². The molecule has 1 amide bonds. The molecule has 5 heteroatoms. The number of likely N-dealkylation sites (tertiary alicyclic amines) is 1. The largest absolute Gasteiger partial charge is 0.508 e. The van der Waals surface area contributed by atoms with Gasteiger partial charge in [0.15, 0.2) is 5.54 Å². The van der Waals surface area contributed by atoms with Crippen LogP contribution in [0.3, 0.4) is 0 Å². The van der Waals surface area contributed by atoms with Crippen LogP contribution in [0, 0.1) is 0 Å². The summed E-state index contributed by atoms with van der Waals surface area (Å²) in [7, 11) is 0. The van der Waals surface area contributed by atoms with E-state index in [1.165, 1.54) is 24.0 Å². The molecule has 1 aromatic rings. The number of carbonyl (C=O) groups is 2. The van der Waals surface area contributed by atoms with Crippen molar-refractivity contribution < 1.29 is 19.8 Å². The van der Waals surface area contributed by atoms with E-state index in [9.17, 15) is 19.8 Å². The number of carbonyl (C=O) groups excluding carboxylic acids is 1. The Labute approximate surface area is 105 Å². The number of carboxylic acid groups (broad SMARTS) is 1. The second-order valence-corrected chi connectivity index (χ2v) is 4.49. The molecule has 1 aliphatic heterocycles. The van der Waals surface area contributed by atoms with Gasteiger partial charge in [-0.3, -0.25) is 4.79 Å². The highest BCUT2D eigenvalue weighted by Gasteiger charge is 2.50. The Balaban J connectivity index is 2.57. The molecule has 1 heterocycles. The van der Waals surface area contributed by atoms with Crippen molar-refractivity contribution in [3.8, 4) is 5.75 Å². The quantitative estimate of drug-likeness (QED) is 0.828. The molecular formula is C13H15NO4. The second kappa shape index (κ2) is 4.33. The van der Waals surface area contributed by atoms with E-state index in [0.717, 1.165) is 0 Å². The normalized spacial score (nSPS) is 23.1. The average Bonchev–Trinajstić information content (AvgIpc) is 2.74. The van der Waals surface area contributed by atoms with Crippen LogP contribution in [-0.4, -0.2) is 33.5 Å². The minimum absolute atomic E-state index is 0.00327. The maximum atomic E-state index is 11.7. The Hall–Kier alpha value is -2.04. The van der Waals surface area contributed by atoms with E-state index in [-0.39, 0.29) is 11.7 Å². The molecule has 1 atom stereocenters. The van der Waals surface area contributed by atoms with Gasteiger partial charge in [-0.15, -0.1) is 0 Å². The number of rotatable bonds is 2. The molecule has 0 aliphatic carbocycles. The monoisotopic (exact) mass is 249 g/mol. The highest BCUT2D eigenvalue weighted by molar-refractivity contribution is 5.88. The fourth-order valence-corrected chi connectivity index (χ4v) is 2.65. The van der Waals surface area contributed by atoms with Gasteiger partial charge in [0.25, 0.3) is 0 Å². The molecule has 0 bridgehead atoms. The van der Waals surface area contributed by atoms with Gasteiger partial charge in [0.2, 0.25) is 5.91 Å². The minimum Gasteiger partial charge on any atom is -0.508 e. The first-order valence-corrected chi connectivity index (χ1v) is 5.79. The summed E-state index contributed by atoms with van der Waals surface area (Å²) in [5, 5.41) is 19.0. The first-order chi connectivity index (χ1) is 8.48. The zero-order valence-corrected chi connectivity index (χ0v) is 10.1. The topological polar surface area (TPSA) is 77.8 Å². The fourth-order valence-electron chi connectivity index (χ4n) is 2.65. The maximum Gasteiger partial charge on any atom is 0.334 e. The number of nitrogens with zero attached hydrogens (tertiary/aromatic N) is 1. The van der Waals surface area contributed by atoms with Gasteiger partial charge in [0.1, 0.15) is 5.75 Å². The average molecular weight is 249 g/mol. The summed E-state index contributed by atoms with van der Waals surface area (Å²) in [4.78, 5) is 24.7. The fraction of sp³-hybridized carbons (Fsp3) is 0.385. The summed E-state index contributed by atoms with van der Waals surface area (Å²) in [6.07, 6.45) is 1.01. The minimum atomic E-state index is -1.34. The Kier molecular flexibility index (Phi) is 2.98. The van der Waals surface area contributed by atoms with Crippen molar-refractivity contribution >= 4 is 11.9 Å². The molecule has 2 N–H and O–H groups in total. The number of benzene rings is 1. The molecule has 1 aromatic carbocycles. The number of phenols is 1. The number of carboxylic acids is 1. The van der Waals surface area contributed by atoms with Crippen molar-refractivity contribution in [1.82, 2.24) is 4.90 Å². The van der Waals surface area contributed by atoms with E-state index in [1.807, 2.05) is 0 Å². The zero-order chi connectivity index (χ0) is 13.3. The molecule has 0 spiro atoms. The summed E-state index contributed by atoms with van der Waals surface area (Å²) in [6.45, 7) is 1.79. The predicted octanol–water partition coefficient (Wildman–Crippen LogP) is 1.31. The van der Waals surface area contributed by atoms with Crippen molar-refractivity contribution in [2.24, 2.45) is 0 Å². The lowest BCUT2D eigenvalue weighted by Crippen LogP contribution is -2.49. The number of hydrogen-bond donors (Lipinski definition) is 2. The molecule has 18 heavy (non-hydrogen) atoms. The standard InChI is InChI=1S/C13H15NO4/c1-9(15)14-7-3-6-13(14,12(17)18)10-4-2-5-11(16)8-10/h2,4-5,8,16H,3,6-7H2,1H3,(H,17,18).